The minimum absolute atomic E-state index is 0.00343. The Hall–Kier alpha value is -1.76. The molecule has 0 radical (unpaired) electrons. The number of pyridine rings is 1. The molecule has 2 N–H and O–H groups in total. The predicted octanol–water partition coefficient (Wildman–Crippen LogP) is 5.29. The monoisotopic (exact) mass is 416 g/mol. The highest BCUT2D eigenvalue weighted by molar-refractivity contribution is 6.38. The number of hydrogen-bond donors (Lipinski definition) is 2. The topological polar surface area (TPSA) is 57.3 Å². The van der Waals surface area contributed by atoms with Crippen molar-refractivity contribution in [1.29, 1.82) is 0 Å². The highest BCUT2D eigenvalue weighted by atomic mass is 35.5. The molecule has 0 aliphatic carbocycles. The van der Waals surface area contributed by atoms with E-state index in [0.29, 0.717) is 34.5 Å². The number of nitrogens with zero attached hydrogens (tertiary/aromatic N) is 2. The third kappa shape index (κ3) is 4.50. The first-order valence-corrected chi connectivity index (χ1v) is 9.14. The summed E-state index contributed by atoms with van der Waals surface area (Å²) in [6.07, 6.45) is 4.74. The van der Waals surface area contributed by atoms with Gasteiger partial charge in [0.1, 0.15) is 5.82 Å². The van der Waals surface area contributed by atoms with Gasteiger partial charge in [-0.1, -0.05) is 34.8 Å². The van der Waals surface area contributed by atoms with Crippen LogP contribution in [0.1, 0.15) is 12.8 Å². The third-order valence-electron chi connectivity index (χ3n) is 4.08. The Kier molecular flexibility index (Phi) is 6.06. The van der Waals surface area contributed by atoms with Crippen molar-refractivity contribution in [3.63, 3.8) is 0 Å². The molecule has 1 fully saturated rings. The van der Waals surface area contributed by atoms with Gasteiger partial charge >= 0.3 is 6.03 Å². The van der Waals surface area contributed by atoms with Crippen LogP contribution in [0.5, 0.6) is 0 Å². The fraction of sp³-hybridized carbons (Fsp3) is 0.294. The highest BCUT2D eigenvalue weighted by Crippen LogP contribution is 2.30. The first-order valence-electron chi connectivity index (χ1n) is 8.00. The normalized spacial score (nSPS) is 17.1. The van der Waals surface area contributed by atoms with Gasteiger partial charge in [-0.05, 0) is 31.0 Å². The molecule has 1 atom stereocenters. The van der Waals surface area contributed by atoms with Crippen molar-refractivity contribution in [2.45, 2.75) is 18.9 Å². The molecule has 1 aliphatic rings. The van der Waals surface area contributed by atoms with Gasteiger partial charge in [0.25, 0.3) is 0 Å². The molecule has 2 heterocycles. The molecular weight excluding hydrogens is 402 g/mol. The van der Waals surface area contributed by atoms with Crippen LogP contribution in [0.25, 0.3) is 0 Å². The zero-order valence-electron chi connectivity index (χ0n) is 13.6. The Balaban J connectivity index is 1.64. The van der Waals surface area contributed by atoms with Crippen molar-refractivity contribution in [1.82, 2.24) is 9.88 Å². The summed E-state index contributed by atoms with van der Waals surface area (Å²) < 4.78 is 13.2. The number of likely N-dealkylation sites (tertiary alicyclic amines) is 1. The second-order valence-electron chi connectivity index (χ2n) is 5.97. The number of anilines is 2. The van der Waals surface area contributed by atoms with E-state index in [1.54, 1.807) is 4.90 Å². The molecule has 0 spiro atoms. The Labute approximate surface area is 165 Å². The Morgan fingerprint density at radius 1 is 1.19 bits per heavy atom. The Bertz CT molecular complexity index is 800. The summed E-state index contributed by atoms with van der Waals surface area (Å²) in [5.74, 6) is -0.530. The van der Waals surface area contributed by atoms with Crippen molar-refractivity contribution in [2.75, 3.05) is 23.7 Å². The van der Waals surface area contributed by atoms with E-state index in [4.69, 9.17) is 34.8 Å². The van der Waals surface area contributed by atoms with Crippen LogP contribution >= 0.6 is 34.8 Å². The maximum absolute atomic E-state index is 13.2. The maximum atomic E-state index is 13.2. The number of benzene rings is 1. The molecule has 2 aromatic rings. The fourth-order valence-corrected chi connectivity index (χ4v) is 3.46. The minimum Gasteiger partial charge on any atom is -0.378 e. The van der Waals surface area contributed by atoms with E-state index in [2.05, 4.69) is 15.6 Å². The molecule has 138 valence electrons. The molecule has 2 amide bonds. The van der Waals surface area contributed by atoms with E-state index in [1.165, 1.54) is 30.6 Å². The molecule has 0 bridgehead atoms. The number of hydrogen-bond acceptors (Lipinski definition) is 3. The molecule has 5 nitrogen and oxygen atoms in total. The van der Waals surface area contributed by atoms with Crippen LogP contribution in [-0.2, 0) is 0 Å². The summed E-state index contributed by atoms with van der Waals surface area (Å²) in [4.78, 5) is 18.1. The van der Waals surface area contributed by atoms with E-state index in [-0.39, 0.29) is 17.1 Å². The summed E-state index contributed by atoms with van der Waals surface area (Å²) in [6, 6.07) is 3.79. The molecule has 0 unspecified atom stereocenters. The zero-order chi connectivity index (χ0) is 18.7. The number of nitrogens with one attached hydrogen (secondary N) is 2. The summed E-state index contributed by atoms with van der Waals surface area (Å²) in [5, 5.41) is 6.84. The molecule has 1 aromatic heterocycles. The lowest BCUT2D eigenvalue weighted by atomic mass is 10.1. The van der Waals surface area contributed by atoms with Crippen molar-refractivity contribution in [3.8, 4) is 0 Å². The molecule has 9 heteroatoms. The number of piperidine rings is 1. The molecular formula is C17H16Cl3FN4O. The van der Waals surface area contributed by atoms with E-state index >= 15 is 0 Å². The molecule has 26 heavy (non-hydrogen) atoms. The summed E-state index contributed by atoms with van der Waals surface area (Å²) >= 11 is 18.0. The van der Waals surface area contributed by atoms with Gasteiger partial charge in [0, 0.05) is 37.2 Å². The van der Waals surface area contributed by atoms with Crippen molar-refractivity contribution in [2.24, 2.45) is 0 Å². The lowest BCUT2D eigenvalue weighted by Gasteiger charge is -2.34. The van der Waals surface area contributed by atoms with Gasteiger partial charge in [-0.3, -0.25) is 4.98 Å². The van der Waals surface area contributed by atoms with Crippen LogP contribution in [0.2, 0.25) is 15.1 Å². The summed E-state index contributed by atoms with van der Waals surface area (Å²) in [5.41, 5.74) is 1.05. The standard InChI is InChI=1S/C17H16Cl3FN4O/c18-12-6-10(3-4-15(12)21)24-17(26)25-5-1-2-11(9-25)23-16-13(19)7-22-8-14(16)20/h3-4,6-8,11H,1-2,5,9H2,(H,22,23)(H,24,26)/t11-/m0/s1. The predicted molar refractivity (Wildman–Crippen MR) is 103 cm³/mol. The van der Waals surface area contributed by atoms with E-state index in [0.717, 1.165) is 12.8 Å². The summed E-state index contributed by atoms with van der Waals surface area (Å²) in [6.45, 7) is 1.10. The number of aromatic nitrogens is 1. The number of carbonyl (C=O) groups is 1. The first-order chi connectivity index (χ1) is 12.4. The smallest absolute Gasteiger partial charge is 0.321 e. The van der Waals surface area contributed by atoms with Gasteiger partial charge in [-0.25, -0.2) is 9.18 Å². The Morgan fingerprint density at radius 3 is 2.62 bits per heavy atom. The highest BCUT2D eigenvalue weighted by Gasteiger charge is 2.25. The quantitative estimate of drug-likeness (QED) is 0.713. The SMILES string of the molecule is O=C(Nc1ccc(F)c(Cl)c1)N1CCC[C@H](Nc2c(Cl)cncc2Cl)C1. The third-order valence-corrected chi connectivity index (χ3v) is 4.94. The van der Waals surface area contributed by atoms with Crippen molar-refractivity contribution >= 4 is 52.2 Å². The summed E-state index contributed by atoms with van der Waals surface area (Å²) in [7, 11) is 0. The van der Waals surface area contributed by atoms with Gasteiger partial charge in [-0.15, -0.1) is 0 Å². The average molecular weight is 418 g/mol. The second kappa shape index (κ2) is 8.29. The largest absolute Gasteiger partial charge is 0.378 e. The van der Waals surface area contributed by atoms with Gasteiger partial charge in [0.15, 0.2) is 0 Å². The van der Waals surface area contributed by atoms with Crippen LogP contribution in [-0.4, -0.2) is 35.0 Å². The van der Waals surface area contributed by atoms with Crippen LogP contribution < -0.4 is 10.6 Å². The number of carbonyl (C=O) groups excluding carboxylic acids is 1. The average Bonchev–Trinajstić information content (AvgIpc) is 2.62. The van der Waals surface area contributed by atoms with E-state index in [9.17, 15) is 9.18 Å². The fourth-order valence-electron chi connectivity index (χ4n) is 2.81. The van der Waals surface area contributed by atoms with Crippen LogP contribution in [0.4, 0.5) is 20.6 Å². The van der Waals surface area contributed by atoms with Crippen molar-refractivity contribution < 1.29 is 9.18 Å². The number of urea groups is 1. The molecule has 3 rings (SSSR count). The molecule has 0 saturated carbocycles. The van der Waals surface area contributed by atoms with Crippen LogP contribution in [0, 0.1) is 5.82 Å². The Morgan fingerprint density at radius 2 is 1.92 bits per heavy atom. The molecule has 1 aliphatic heterocycles. The molecule has 1 aromatic carbocycles. The molecule has 1 saturated heterocycles. The maximum Gasteiger partial charge on any atom is 0.321 e. The van der Waals surface area contributed by atoms with Crippen LogP contribution in [0.15, 0.2) is 30.6 Å². The number of amides is 2. The van der Waals surface area contributed by atoms with Crippen LogP contribution in [0.3, 0.4) is 0 Å². The zero-order valence-corrected chi connectivity index (χ0v) is 15.9. The lowest BCUT2D eigenvalue weighted by Crippen LogP contribution is -2.46. The van der Waals surface area contributed by atoms with Crippen molar-refractivity contribution in [3.05, 3.63) is 51.5 Å². The first kappa shape index (κ1) is 19.0. The van der Waals surface area contributed by atoms with Gasteiger partial charge in [-0.2, -0.15) is 0 Å². The van der Waals surface area contributed by atoms with Gasteiger partial charge in [0.2, 0.25) is 0 Å². The second-order valence-corrected chi connectivity index (χ2v) is 7.19. The van der Waals surface area contributed by atoms with Gasteiger partial charge in [0.05, 0.1) is 20.8 Å². The van der Waals surface area contributed by atoms with E-state index in [1.807, 2.05) is 0 Å². The minimum atomic E-state index is -0.530. The van der Waals surface area contributed by atoms with E-state index < -0.39 is 5.82 Å². The number of halogens is 4. The van der Waals surface area contributed by atoms with Gasteiger partial charge < -0.3 is 15.5 Å². The lowest BCUT2D eigenvalue weighted by molar-refractivity contribution is 0.196. The number of rotatable bonds is 3.